The van der Waals surface area contributed by atoms with E-state index in [4.69, 9.17) is 0 Å². The Labute approximate surface area is 94.1 Å². The van der Waals surface area contributed by atoms with Crippen molar-refractivity contribution >= 4 is 11.7 Å². The summed E-state index contributed by atoms with van der Waals surface area (Å²) in [6, 6.07) is 3.73. The zero-order chi connectivity index (χ0) is 9.26. The molecule has 0 radical (unpaired) electrons. The van der Waals surface area contributed by atoms with E-state index < -0.39 is 5.97 Å². The van der Waals surface area contributed by atoms with Gasteiger partial charge < -0.3 is 14.8 Å². The Balaban J connectivity index is 0.000000980. The van der Waals surface area contributed by atoms with Crippen LogP contribution in [0.3, 0.4) is 0 Å². The van der Waals surface area contributed by atoms with Crippen molar-refractivity contribution in [2.24, 2.45) is 5.92 Å². The van der Waals surface area contributed by atoms with Gasteiger partial charge in [0.1, 0.15) is 0 Å². The first-order valence-corrected chi connectivity index (χ1v) is 4.13. The van der Waals surface area contributed by atoms with Crippen LogP contribution in [0.4, 0.5) is 5.69 Å². The molecule has 1 saturated heterocycles. The number of carbonyl (C=O) groups is 1. The maximum absolute atomic E-state index is 10.4. The van der Waals surface area contributed by atoms with Crippen molar-refractivity contribution in [2.45, 2.75) is 0 Å². The van der Waals surface area contributed by atoms with Gasteiger partial charge in [-0.1, -0.05) is 0 Å². The standard InChI is InChI=1S/C9H10N2O2.Li/c12-9(13)7-5-11(6-7)8-1-3-10-4-2-8;/h1-4,7H,5-6H2,(H,12,13);/q;+1/p-1. The molecule has 1 aliphatic heterocycles. The molecular formula is C9H9LiN2O2. The number of aliphatic carboxylic acids is 1. The minimum Gasteiger partial charge on any atom is -0.550 e. The largest absolute Gasteiger partial charge is 1.00 e. The number of anilines is 1. The van der Waals surface area contributed by atoms with Gasteiger partial charge in [-0.25, -0.2) is 0 Å². The van der Waals surface area contributed by atoms with Crippen LogP contribution in [-0.2, 0) is 4.79 Å². The number of carboxylic acids is 1. The van der Waals surface area contributed by atoms with Crippen molar-refractivity contribution in [1.82, 2.24) is 4.98 Å². The van der Waals surface area contributed by atoms with Gasteiger partial charge in [-0.3, -0.25) is 4.98 Å². The smallest absolute Gasteiger partial charge is 0.550 e. The molecule has 0 aromatic carbocycles. The summed E-state index contributed by atoms with van der Waals surface area (Å²) in [5.41, 5.74) is 1.02. The van der Waals surface area contributed by atoms with Crippen LogP contribution in [-0.4, -0.2) is 24.0 Å². The van der Waals surface area contributed by atoms with Crippen molar-refractivity contribution in [2.75, 3.05) is 18.0 Å². The maximum Gasteiger partial charge on any atom is 1.00 e. The average Bonchev–Trinajstić information content (AvgIpc) is 2.02. The summed E-state index contributed by atoms with van der Waals surface area (Å²) in [7, 11) is 0. The number of nitrogens with zero attached hydrogens (tertiary/aromatic N) is 2. The van der Waals surface area contributed by atoms with Gasteiger partial charge in [0, 0.05) is 43.1 Å². The van der Waals surface area contributed by atoms with E-state index in [1.54, 1.807) is 12.4 Å². The van der Waals surface area contributed by atoms with Gasteiger partial charge in [-0.2, -0.15) is 0 Å². The Morgan fingerprint density at radius 3 is 2.50 bits per heavy atom. The zero-order valence-electron chi connectivity index (χ0n) is 8.01. The minimum absolute atomic E-state index is 0. The van der Waals surface area contributed by atoms with Crippen LogP contribution >= 0.6 is 0 Å². The summed E-state index contributed by atoms with van der Waals surface area (Å²) in [5.74, 6) is -1.27. The molecule has 0 N–H and O–H groups in total. The summed E-state index contributed by atoms with van der Waals surface area (Å²) in [5, 5.41) is 10.4. The molecule has 5 heteroatoms. The van der Waals surface area contributed by atoms with Crippen LogP contribution < -0.4 is 28.9 Å². The molecule has 1 aromatic rings. The van der Waals surface area contributed by atoms with E-state index in [2.05, 4.69) is 4.98 Å². The van der Waals surface area contributed by atoms with Crippen LogP contribution in [0.5, 0.6) is 0 Å². The quantitative estimate of drug-likeness (QED) is 0.443. The molecule has 68 valence electrons. The van der Waals surface area contributed by atoms with Crippen LogP contribution in [0.25, 0.3) is 0 Å². The molecule has 1 aliphatic rings. The number of hydrogen-bond acceptors (Lipinski definition) is 4. The van der Waals surface area contributed by atoms with Gasteiger partial charge in [-0.05, 0) is 12.1 Å². The van der Waals surface area contributed by atoms with Crippen molar-refractivity contribution in [1.29, 1.82) is 0 Å². The first kappa shape index (κ1) is 11.1. The Bertz CT molecular complexity index is 312. The fourth-order valence-corrected chi connectivity index (χ4v) is 1.39. The number of hydrogen-bond donors (Lipinski definition) is 0. The maximum atomic E-state index is 10.4. The summed E-state index contributed by atoms with van der Waals surface area (Å²) in [4.78, 5) is 16.3. The van der Waals surface area contributed by atoms with Gasteiger partial charge >= 0.3 is 18.9 Å². The summed E-state index contributed by atoms with van der Waals surface area (Å²) in [6.07, 6.45) is 3.39. The van der Waals surface area contributed by atoms with E-state index in [9.17, 15) is 9.90 Å². The Hall–Kier alpha value is -0.983. The van der Waals surface area contributed by atoms with Crippen LogP contribution in [0.2, 0.25) is 0 Å². The number of carbonyl (C=O) groups excluding carboxylic acids is 1. The molecule has 0 unspecified atom stereocenters. The van der Waals surface area contributed by atoms with Crippen LogP contribution in [0.1, 0.15) is 0 Å². The summed E-state index contributed by atoms with van der Waals surface area (Å²) < 4.78 is 0. The predicted octanol–water partition coefficient (Wildman–Crippen LogP) is -3.73. The normalized spacial score (nSPS) is 15.6. The van der Waals surface area contributed by atoms with Crippen LogP contribution in [0.15, 0.2) is 24.5 Å². The molecule has 0 amide bonds. The van der Waals surface area contributed by atoms with E-state index in [0.29, 0.717) is 13.1 Å². The van der Waals surface area contributed by atoms with Gasteiger partial charge in [-0.15, -0.1) is 0 Å². The van der Waals surface area contributed by atoms with E-state index in [1.165, 1.54) is 0 Å². The molecular weight excluding hydrogens is 175 g/mol. The van der Waals surface area contributed by atoms with Gasteiger partial charge in [0.2, 0.25) is 0 Å². The summed E-state index contributed by atoms with van der Waals surface area (Å²) >= 11 is 0. The monoisotopic (exact) mass is 184 g/mol. The van der Waals surface area contributed by atoms with Crippen LogP contribution in [0, 0.1) is 5.92 Å². The molecule has 0 atom stereocenters. The first-order valence-electron chi connectivity index (χ1n) is 4.13. The van der Waals surface area contributed by atoms with E-state index in [1.807, 2.05) is 17.0 Å². The van der Waals surface area contributed by atoms with Crippen molar-refractivity contribution in [3.8, 4) is 0 Å². The zero-order valence-corrected chi connectivity index (χ0v) is 8.01. The van der Waals surface area contributed by atoms with E-state index in [0.717, 1.165) is 5.69 Å². The number of aromatic nitrogens is 1. The molecule has 0 spiro atoms. The molecule has 2 heterocycles. The Kier molecular flexibility index (Phi) is 3.56. The van der Waals surface area contributed by atoms with Crippen molar-refractivity contribution in [3.05, 3.63) is 24.5 Å². The number of pyridine rings is 1. The van der Waals surface area contributed by atoms with E-state index >= 15 is 0 Å². The number of carboxylic acid groups (broad SMARTS) is 1. The molecule has 2 rings (SSSR count). The van der Waals surface area contributed by atoms with Crippen molar-refractivity contribution < 1.29 is 28.8 Å². The third kappa shape index (κ3) is 2.09. The Morgan fingerprint density at radius 1 is 1.43 bits per heavy atom. The third-order valence-corrected chi connectivity index (χ3v) is 2.24. The molecule has 0 saturated carbocycles. The summed E-state index contributed by atoms with van der Waals surface area (Å²) in [6.45, 7) is 1.10. The minimum atomic E-state index is -0.953. The fourth-order valence-electron chi connectivity index (χ4n) is 1.39. The SMILES string of the molecule is O=C([O-])C1CN(c2ccncc2)C1.[Li+]. The van der Waals surface area contributed by atoms with Gasteiger partial charge in [0.25, 0.3) is 0 Å². The van der Waals surface area contributed by atoms with Gasteiger partial charge in [0.05, 0.1) is 0 Å². The molecule has 0 bridgehead atoms. The molecule has 4 nitrogen and oxygen atoms in total. The van der Waals surface area contributed by atoms with E-state index in [-0.39, 0.29) is 24.8 Å². The molecule has 1 aromatic heterocycles. The number of rotatable bonds is 2. The second-order valence-corrected chi connectivity index (χ2v) is 3.13. The molecule has 0 aliphatic carbocycles. The topological polar surface area (TPSA) is 56.3 Å². The molecule has 1 fully saturated rings. The third-order valence-electron chi connectivity index (χ3n) is 2.24. The first-order chi connectivity index (χ1) is 6.27. The predicted molar refractivity (Wildman–Crippen MR) is 44.9 cm³/mol. The van der Waals surface area contributed by atoms with Crippen molar-refractivity contribution in [3.63, 3.8) is 0 Å². The second kappa shape index (κ2) is 4.49. The van der Waals surface area contributed by atoms with Gasteiger partial charge in [0.15, 0.2) is 0 Å². The molecule has 14 heavy (non-hydrogen) atoms. The fraction of sp³-hybridized carbons (Fsp3) is 0.333. The second-order valence-electron chi connectivity index (χ2n) is 3.13. The Morgan fingerprint density at radius 2 is 2.00 bits per heavy atom. The average molecular weight is 184 g/mol.